The first kappa shape index (κ1) is 10.6. The molecule has 0 fully saturated rings. The van der Waals surface area contributed by atoms with Gasteiger partial charge in [0.25, 0.3) is 5.71 Å². The van der Waals surface area contributed by atoms with Crippen LogP contribution in [0.3, 0.4) is 0 Å². The molecule has 0 heterocycles. The summed E-state index contributed by atoms with van der Waals surface area (Å²) in [6.45, 7) is 4.11. The van der Waals surface area contributed by atoms with Crippen LogP contribution in [0, 0.1) is 12.8 Å². The summed E-state index contributed by atoms with van der Waals surface area (Å²) >= 11 is 0. The molecule has 1 aromatic rings. The highest BCUT2D eigenvalue weighted by atomic mass is 14.9. The lowest BCUT2D eigenvalue weighted by Gasteiger charge is -2.10. The van der Waals surface area contributed by atoms with E-state index in [4.69, 9.17) is 5.53 Å². The van der Waals surface area contributed by atoms with Gasteiger partial charge in [-0.25, -0.2) is 0 Å². The number of nitrogens with zero attached hydrogens (tertiary/aromatic N) is 2. The van der Waals surface area contributed by atoms with Gasteiger partial charge in [0.2, 0.25) is 0 Å². The first-order chi connectivity index (χ1) is 7.70. The van der Waals surface area contributed by atoms with Crippen LogP contribution in [0.5, 0.6) is 0 Å². The Kier molecular flexibility index (Phi) is 2.84. The molecule has 0 bridgehead atoms. The van der Waals surface area contributed by atoms with E-state index < -0.39 is 0 Å². The van der Waals surface area contributed by atoms with Crippen LogP contribution in [0.2, 0.25) is 0 Å². The van der Waals surface area contributed by atoms with Gasteiger partial charge in [-0.05, 0) is 31.1 Å². The van der Waals surface area contributed by atoms with E-state index >= 15 is 0 Å². The minimum absolute atomic E-state index is 0.158. The Morgan fingerprint density at radius 1 is 1.25 bits per heavy atom. The van der Waals surface area contributed by atoms with Crippen LogP contribution in [0.4, 0.5) is 0 Å². The molecule has 1 aliphatic carbocycles. The first-order valence-corrected chi connectivity index (χ1v) is 5.39. The van der Waals surface area contributed by atoms with Crippen molar-refractivity contribution in [1.82, 2.24) is 0 Å². The number of benzene rings is 1. The van der Waals surface area contributed by atoms with Crippen molar-refractivity contribution in [3.63, 3.8) is 0 Å². The molecule has 1 atom stereocenters. The van der Waals surface area contributed by atoms with E-state index in [1.165, 1.54) is 16.7 Å². The lowest BCUT2D eigenvalue weighted by molar-refractivity contribution is -0.00855. The van der Waals surface area contributed by atoms with Gasteiger partial charge in [0.1, 0.15) is 0 Å². The van der Waals surface area contributed by atoms with Gasteiger partial charge in [-0.15, -0.1) is 0 Å². The third-order valence-corrected chi connectivity index (χ3v) is 2.80. The van der Waals surface area contributed by atoms with Gasteiger partial charge in [0.15, 0.2) is 0 Å². The zero-order valence-electron chi connectivity index (χ0n) is 9.51. The molecule has 0 aliphatic heterocycles. The van der Waals surface area contributed by atoms with Crippen LogP contribution >= 0.6 is 0 Å². The van der Waals surface area contributed by atoms with Crippen LogP contribution < -0.4 is 0 Å². The Bertz CT molecular complexity index is 517. The van der Waals surface area contributed by atoms with Gasteiger partial charge in [-0.1, -0.05) is 35.9 Å². The van der Waals surface area contributed by atoms with Gasteiger partial charge in [-0.2, -0.15) is 4.79 Å². The summed E-state index contributed by atoms with van der Waals surface area (Å²) in [4.78, 5) is 3.26. The van der Waals surface area contributed by atoms with Crippen molar-refractivity contribution in [2.24, 2.45) is 5.92 Å². The average molecular weight is 210 g/mol. The molecule has 2 rings (SSSR count). The minimum atomic E-state index is 0.158. The molecule has 0 aromatic heterocycles. The number of allylic oxidation sites excluding steroid dienone is 4. The fourth-order valence-electron chi connectivity index (χ4n) is 1.88. The van der Waals surface area contributed by atoms with Crippen molar-refractivity contribution in [1.29, 1.82) is 0 Å². The Morgan fingerprint density at radius 2 is 2.06 bits per heavy atom. The zero-order chi connectivity index (χ0) is 11.5. The summed E-state index contributed by atoms with van der Waals surface area (Å²) in [6.07, 6.45) is 5.97. The molecular weight excluding hydrogens is 196 g/mol. The second-order valence-corrected chi connectivity index (χ2v) is 4.14. The number of hydrogen-bond donors (Lipinski definition) is 0. The zero-order valence-corrected chi connectivity index (χ0v) is 9.51. The Labute approximate surface area is 95.5 Å². The number of rotatable bonds is 1. The molecule has 1 unspecified atom stereocenters. The van der Waals surface area contributed by atoms with Crippen LogP contribution in [-0.2, 0) is 0 Å². The third kappa shape index (κ3) is 2.02. The molecular formula is C14H14N2. The summed E-state index contributed by atoms with van der Waals surface area (Å²) in [5.41, 5.74) is 13.1. The normalized spacial score (nSPS) is 19.2. The standard InChI is InChI=1S/C14H14N2/c1-10-4-3-5-12(8-10)13-6-7-14(16-15)11(2)9-13/h3-9,11H,1-2H3. The Hall–Kier alpha value is -1.92. The second-order valence-electron chi connectivity index (χ2n) is 4.14. The van der Waals surface area contributed by atoms with E-state index in [0.29, 0.717) is 5.71 Å². The van der Waals surface area contributed by atoms with Gasteiger partial charge < -0.3 is 5.53 Å². The van der Waals surface area contributed by atoms with Gasteiger partial charge in [0, 0.05) is 6.08 Å². The Balaban J connectivity index is 2.38. The van der Waals surface area contributed by atoms with Crippen LogP contribution in [0.1, 0.15) is 18.1 Å². The summed E-state index contributed by atoms with van der Waals surface area (Å²) in [5, 5.41) is 0. The smallest absolute Gasteiger partial charge is 0.298 e. The topological polar surface area (TPSA) is 36.4 Å². The van der Waals surface area contributed by atoms with Gasteiger partial charge >= 0.3 is 0 Å². The minimum Gasteiger partial charge on any atom is -0.361 e. The van der Waals surface area contributed by atoms with Gasteiger partial charge in [-0.3, -0.25) is 0 Å². The lowest BCUT2D eigenvalue weighted by Crippen LogP contribution is -2.10. The van der Waals surface area contributed by atoms with Crippen LogP contribution in [0.15, 0.2) is 42.5 Å². The molecule has 2 nitrogen and oxygen atoms in total. The molecule has 0 saturated carbocycles. The molecule has 0 radical (unpaired) electrons. The van der Waals surface area contributed by atoms with E-state index in [-0.39, 0.29) is 5.92 Å². The van der Waals surface area contributed by atoms with E-state index in [9.17, 15) is 0 Å². The molecule has 16 heavy (non-hydrogen) atoms. The SMILES string of the molecule is Cc1cccc(C2=CC(C)C(=[N+]=[N-])C=C2)c1. The van der Waals surface area contributed by atoms with Crippen LogP contribution in [-0.4, -0.2) is 10.5 Å². The summed E-state index contributed by atoms with van der Waals surface area (Å²) in [7, 11) is 0. The van der Waals surface area contributed by atoms with Crippen LogP contribution in [0.25, 0.3) is 11.1 Å². The fraction of sp³-hybridized carbons (Fsp3) is 0.214. The highest BCUT2D eigenvalue weighted by molar-refractivity contribution is 5.99. The molecule has 0 saturated heterocycles. The quantitative estimate of drug-likeness (QED) is 0.504. The summed E-state index contributed by atoms with van der Waals surface area (Å²) in [6, 6.07) is 8.39. The molecule has 0 amide bonds. The Morgan fingerprint density at radius 3 is 2.69 bits per heavy atom. The lowest BCUT2D eigenvalue weighted by atomic mass is 9.92. The van der Waals surface area contributed by atoms with Crippen molar-refractivity contribution in [3.8, 4) is 0 Å². The number of hydrogen-bond acceptors (Lipinski definition) is 0. The van der Waals surface area contributed by atoms with Gasteiger partial charge in [0.05, 0.1) is 5.92 Å². The third-order valence-electron chi connectivity index (χ3n) is 2.80. The highest BCUT2D eigenvalue weighted by Gasteiger charge is 2.18. The molecule has 2 heteroatoms. The van der Waals surface area contributed by atoms with Crippen molar-refractivity contribution < 1.29 is 4.79 Å². The maximum absolute atomic E-state index is 8.77. The highest BCUT2D eigenvalue weighted by Crippen LogP contribution is 2.23. The van der Waals surface area contributed by atoms with E-state index in [1.807, 2.05) is 19.1 Å². The maximum atomic E-state index is 8.77. The summed E-state index contributed by atoms with van der Waals surface area (Å²) in [5.74, 6) is 0.158. The fourth-order valence-corrected chi connectivity index (χ4v) is 1.88. The van der Waals surface area contributed by atoms with Crippen molar-refractivity contribution in [2.45, 2.75) is 13.8 Å². The molecule has 80 valence electrons. The van der Waals surface area contributed by atoms with Crippen molar-refractivity contribution in [2.75, 3.05) is 0 Å². The predicted molar refractivity (Wildman–Crippen MR) is 66.1 cm³/mol. The summed E-state index contributed by atoms with van der Waals surface area (Å²) < 4.78 is 0. The molecule has 0 N–H and O–H groups in total. The van der Waals surface area contributed by atoms with E-state index in [2.05, 4.69) is 42.1 Å². The van der Waals surface area contributed by atoms with Crippen molar-refractivity contribution >= 4 is 11.3 Å². The maximum Gasteiger partial charge on any atom is 0.298 e. The van der Waals surface area contributed by atoms with E-state index in [0.717, 1.165) is 0 Å². The predicted octanol–water partition coefficient (Wildman–Crippen LogP) is 3.26. The largest absolute Gasteiger partial charge is 0.361 e. The number of aryl methyl sites for hydroxylation is 1. The molecule has 1 aromatic carbocycles. The monoisotopic (exact) mass is 210 g/mol. The van der Waals surface area contributed by atoms with Crippen molar-refractivity contribution in [3.05, 3.63) is 59.2 Å². The average Bonchev–Trinajstić information content (AvgIpc) is 2.29. The first-order valence-electron chi connectivity index (χ1n) is 5.39. The van der Waals surface area contributed by atoms with E-state index in [1.54, 1.807) is 0 Å². The second kappa shape index (κ2) is 4.30. The molecule has 1 aliphatic rings. The molecule has 0 spiro atoms.